The zero-order valence-corrected chi connectivity index (χ0v) is 11.2. The molecule has 1 nitrogen and oxygen atoms in total. The lowest BCUT2D eigenvalue weighted by molar-refractivity contribution is 1.47. The minimum atomic E-state index is 0.768. The van der Waals surface area contributed by atoms with E-state index in [1.165, 1.54) is 0 Å². The maximum Gasteiger partial charge on any atom is 0.0492 e. The molecular weight excluding hydrogens is 298 g/mol. The van der Waals surface area contributed by atoms with E-state index in [1.54, 1.807) is 0 Å². The Morgan fingerprint density at radius 3 is 2.65 bits per heavy atom. The lowest BCUT2D eigenvalue weighted by Gasteiger charge is -2.07. The number of benzene rings is 2. The van der Waals surface area contributed by atoms with E-state index >= 15 is 0 Å². The fraction of sp³-hybridized carbons (Fsp3) is 0. The van der Waals surface area contributed by atoms with Crippen LogP contribution in [0.2, 0.25) is 5.02 Å². The molecule has 3 aromatic rings. The van der Waals surface area contributed by atoms with Crippen molar-refractivity contribution in [3.05, 3.63) is 58.2 Å². The van der Waals surface area contributed by atoms with Gasteiger partial charge in [0.25, 0.3) is 0 Å². The molecule has 0 saturated heterocycles. The molecule has 0 saturated carbocycles. The van der Waals surface area contributed by atoms with E-state index < -0.39 is 0 Å². The Balaban J connectivity index is 2.30. The van der Waals surface area contributed by atoms with Crippen LogP contribution >= 0.6 is 27.5 Å². The molecule has 17 heavy (non-hydrogen) atoms. The molecule has 0 atom stereocenters. The number of fused-ring (bicyclic) bond motifs is 1. The second-order valence-corrected chi connectivity index (χ2v) is 5.14. The van der Waals surface area contributed by atoms with Crippen LogP contribution in [0.15, 0.2) is 53.1 Å². The molecule has 84 valence electrons. The molecule has 2 aromatic carbocycles. The first-order chi connectivity index (χ1) is 8.25. The van der Waals surface area contributed by atoms with Gasteiger partial charge in [-0.15, -0.1) is 0 Å². The molecule has 0 unspecified atom stereocenters. The molecule has 1 N–H and O–H groups in total. The summed E-state index contributed by atoms with van der Waals surface area (Å²) in [6, 6.07) is 14.2. The van der Waals surface area contributed by atoms with Gasteiger partial charge in [0.05, 0.1) is 0 Å². The van der Waals surface area contributed by atoms with E-state index in [0.29, 0.717) is 0 Å². The van der Waals surface area contributed by atoms with Gasteiger partial charge in [-0.3, -0.25) is 0 Å². The average molecular weight is 307 g/mol. The van der Waals surface area contributed by atoms with Gasteiger partial charge < -0.3 is 4.98 Å². The predicted octanol–water partition coefficient (Wildman–Crippen LogP) is 5.25. The minimum Gasteiger partial charge on any atom is -0.361 e. The molecule has 1 heterocycles. The third-order valence-electron chi connectivity index (χ3n) is 2.80. The molecule has 3 rings (SSSR count). The zero-order valence-electron chi connectivity index (χ0n) is 8.87. The molecule has 3 heteroatoms. The summed E-state index contributed by atoms with van der Waals surface area (Å²) >= 11 is 9.89. The highest BCUT2D eigenvalue weighted by molar-refractivity contribution is 9.10. The molecule has 0 aliphatic carbocycles. The van der Waals surface area contributed by atoms with E-state index in [2.05, 4.69) is 33.0 Å². The Kier molecular flexibility index (Phi) is 2.69. The smallest absolute Gasteiger partial charge is 0.0492 e. The number of halogens is 2. The van der Waals surface area contributed by atoms with Crippen molar-refractivity contribution in [2.45, 2.75) is 0 Å². The molecule has 0 aliphatic heterocycles. The van der Waals surface area contributed by atoms with Gasteiger partial charge in [0.2, 0.25) is 0 Å². The number of aromatic amines is 1. The maximum atomic E-state index is 6.33. The molecule has 0 amide bonds. The first kappa shape index (κ1) is 10.9. The SMILES string of the molecule is Clc1cc2cc[nH]c2cc1-c1ccccc1Br. The van der Waals surface area contributed by atoms with E-state index in [4.69, 9.17) is 11.6 Å². The van der Waals surface area contributed by atoms with Crippen molar-refractivity contribution in [1.29, 1.82) is 0 Å². The van der Waals surface area contributed by atoms with Crippen molar-refractivity contribution < 1.29 is 0 Å². The van der Waals surface area contributed by atoms with Crippen LogP contribution in [0.4, 0.5) is 0 Å². The largest absolute Gasteiger partial charge is 0.361 e. The summed E-state index contributed by atoms with van der Waals surface area (Å²) in [6.07, 6.45) is 1.92. The lowest BCUT2D eigenvalue weighted by atomic mass is 10.0. The van der Waals surface area contributed by atoms with Crippen LogP contribution in [0, 0.1) is 0 Å². The van der Waals surface area contributed by atoms with Crippen molar-refractivity contribution in [1.82, 2.24) is 4.98 Å². The minimum absolute atomic E-state index is 0.768. The highest BCUT2D eigenvalue weighted by atomic mass is 79.9. The number of nitrogens with one attached hydrogen (secondary N) is 1. The van der Waals surface area contributed by atoms with Crippen LogP contribution in [0.1, 0.15) is 0 Å². The monoisotopic (exact) mass is 305 g/mol. The van der Waals surface area contributed by atoms with Gasteiger partial charge in [0.1, 0.15) is 0 Å². The summed E-state index contributed by atoms with van der Waals surface area (Å²) in [4.78, 5) is 3.20. The van der Waals surface area contributed by atoms with Crippen LogP contribution in [-0.2, 0) is 0 Å². The van der Waals surface area contributed by atoms with E-state index in [0.717, 1.165) is 31.5 Å². The quantitative estimate of drug-likeness (QED) is 0.632. The Morgan fingerprint density at radius 1 is 1.00 bits per heavy atom. The van der Waals surface area contributed by atoms with Gasteiger partial charge >= 0.3 is 0 Å². The van der Waals surface area contributed by atoms with E-state index in [-0.39, 0.29) is 0 Å². The summed E-state index contributed by atoms with van der Waals surface area (Å²) < 4.78 is 1.05. The topological polar surface area (TPSA) is 15.8 Å². The number of H-pyrrole nitrogens is 1. The van der Waals surface area contributed by atoms with Crippen molar-refractivity contribution in [2.75, 3.05) is 0 Å². The van der Waals surface area contributed by atoms with Crippen LogP contribution < -0.4 is 0 Å². The predicted molar refractivity (Wildman–Crippen MR) is 76.4 cm³/mol. The second-order valence-electron chi connectivity index (χ2n) is 3.88. The van der Waals surface area contributed by atoms with Gasteiger partial charge in [-0.2, -0.15) is 0 Å². The van der Waals surface area contributed by atoms with Gasteiger partial charge in [-0.05, 0) is 29.8 Å². The van der Waals surface area contributed by atoms with Gasteiger partial charge in [-0.1, -0.05) is 45.7 Å². The Bertz CT molecular complexity index is 688. The van der Waals surface area contributed by atoms with Crippen molar-refractivity contribution in [3.63, 3.8) is 0 Å². The zero-order chi connectivity index (χ0) is 11.8. The third kappa shape index (κ3) is 1.88. The Morgan fingerprint density at radius 2 is 1.82 bits per heavy atom. The average Bonchev–Trinajstić information content (AvgIpc) is 2.76. The molecule has 1 aromatic heterocycles. The Labute approximate surface area is 113 Å². The summed E-state index contributed by atoms with van der Waals surface area (Å²) in [5, 5.41) is 1.90. The standard InChI is InChI=1S/C14H9BrClN/c15-12-4-2-1-3-10(12)11-8-14-9(5-6-17-14)7-13(11)16/h1-8,17H. The highest BCUT2D eigenvalue weighted by Gasteiger charge is 2.08. The first-order valence-electron chi connectivity index (χ1n) is 5.27. The van der Waals surface area contributed by atoms with Crippen molar-refractivity contribution in [3.8, 4) is 11.1 Å². The van der Waals surface area contributed by atoms with Crippen molar-refractivity contribution >= 4 is 38.4 Å². The fourth-order valence-electron chi connectivity index (χ4n) is 1.96. The third-order valence-corrected chi connectivity index (χ3v) is 3.81. The van der Waals surface area contributed by atoms with Gasteiger partial charge in [0.15, 0.2) is 0 Å². The van der Waals surface area contributed by atoms with E-state index in [9.17, 15) is 0 Å². The molecule has 0 radical (unpaired) electrons. The number of hydrogen-bond acceptors (Lipinski definition) is 0. The summed E-state index contributed by atoms with van der Waals surface area (Å²) in [7, 11) is 0. The van der Waals surface area contributed by atoms with Crippen LogP contribution in [-0.4, -0.2) is 4.98 Å². The number of hydrogen-bond donors (Lipinski definition) is 1. The lowest BCUT2D eigenvalue weighted by Crippen LogP contribution is -1.82. The number of rotatable bonds is 1. The maximum absolute atomic E-state index is 6.33. The molecule has 0 bridgehead atoms. The van der Waals surface area contributed by atoms with Gasteiger partial charge in [0, 0.05) is 32.2 Å². The van der Waals surface area contributed by atoms with Gasteiger partial charge in [-0.25, -0.2) is 0 Å². The molecule has 0 aliphatic rings. The first-order valence-corrected chi connectivity index (χ1v) is 6.44. The summed E-state index contributed by atoms with van der Waals surface area (Å²) in [6.45, 7) is 0. The second kappa shape index (κ2) is 4.21. The highest BCUT2D eigenvalue weighted by Crippen LogP contribution is 2.35. The number of aromatic nitrogens is 1. The fourth-order valence-corrected chi connectivity index (χ4v) is 2.73. The Hall–Kier alpha value is -1.25. The normalized spacial score (nSPS) is 10.9. The van der Waals surface area contributed by atoms with Crippen LogP contribution in [0.25, 0.3) is 22.0 Å². The summed E-state index contributed by atoms with van der Waals surface area (Å²) in [5.74, 6) is 0. The summed E-state index contributed by atoms with van der Waals surface area (Å²) in [5.41, 5.74) is 3.24. The van der Waals surface area contributed by atoms with Crippen LogP contribution in [0.3, 0.4) is 0 Å². The molecule has 0 fully saturated rings. The van der Waals surface area contributed by atoms with E-state index in [1.807, 2.05) is 36.5 Å². The van der Waals surface area contributed by atoms with Crippen LogP contribution in [0.5, 0.6) is 0 Å². The van der Waals surface area contributed by atoms with Crippen molar-refractivity contribution in [2.24, 2.45) is 0 Å². The molecule has 0 spiro atoms. The molecular formula is C14H9BrClN.